The molecular formula is C21H18ClNO5. The van der Waals surface area contributed by atoms with E-state index in [1.165, 1.54) is 6.07 Å². The Bertz CT molecular complexity index is 1080. The zero-order valence-corrected chi connectivity index (χ0v) is 15.9. The first-order valence-electron chi connectivity index (χ1n) is 8.73. The van der Waals surface area contributed by atoms with Crippen LogP contribution in [0.5, 0.6) is 0 Å². The summed E-state index contributed by atoms with van der Waals surface area (Å²) in [5.74, 6) is -1.15. The van der Waals surface area contributed by atoms with E-state index in [0.29, 0.717) is 21.6 Å². The molecule has 3 aromatic rings. The van der Waals surface area contributed by atoms with Crippen molar-refractivity contribution in [3.63, 3.8) is 0 Å². The molecule has 0 spiro atoms. The molecule has 0 fully saturated rings. The first-order chi connectivity index (χ1) is 13.5. The lowest BCUT2D eigenvalue weighted by molar-refractivity contribution is -0.143. The van der Waals surface area contributed by atoms with Gasteiger partial charge in [-0.2, -0.15) is 0 Å². The minimum Gasteiger partial charge on any atom is -0.466 e. The molecule has 1 heterocycles. The van der Waals surface area contributed by atoms with Crippen LogP contribution in [0.1, 0.15) is 35.3 Å². The number of esters is 1. The van der Waals surface area contributed by atoms with E-state index >= 15 is 0 Å². The summed E-state index contributed by atoms with van der Waals surface area (Å²) < 4.78 is 10.2. The number of rotatable bonds is 6. The van der Waals surface area contributed by atoms with Crippen molar-refractivity contribution in [2.75, 3.05) is 6.61 Å². The van der Waals surface area contributed by atoms with Gasteiger partial charge >= 0.3 is 11.6 Å². The standard InChI is InChI=1S/C21H18ClNO5/c1-2-27-19(24)12-17(14-8-4-5-9-16(14)22)23-20(25)15-11-13-7-3-6-10-18(13)28-21(15)26/h3-11,17H,2,12H2,1H3,(H,23,25)/t17-/m1/s1. The quantitative estimate of drug-likeness (QED) is 0.502. The average molecular weight is 400 g/mol. The summed E-state index contributed by atoms with van der Waals surface area (Å²) in [5, 5.41) is 3.71. The van der Waals surface area contributed by atoms with Gasteiger partial charge in [0.15, 0.2) is 0 Å². The SMILES string of the molecule is CCOC(=O)C[C@@H](NC(=O)c1cc2ccccc2oc1=O)c1ccccc1Cl. The van der Waals surface area contributed by atoms with Crippen LogP contribution < -0.4 is 10.9 Å². The fourth-order valence-electron chi connectivity index (χ4n) is 2.84. The van der Waals surface area contributed by atoms with Gasteiger partial charge in [-0.1, -0.05) is 48.0 Å². The van der Waals surface area contributed by atoms with Gasteiger partial charge in [0.1, 0.15) is 11.1 Å². The molecule has 0 unspecified atom stereocenters. The van der Waals surface area contributed by atoms with Crippen molar-refractivity contribution in [3.05, 3.63) is 81.2 Å². The molecule has 144 valence electrons. The van der Waals surface area contributed by atoms with Crippen molar-refractivity contribution < 1.29 is 18.7 Å². The van der Waals surface area contributed by atoms with Crippen LogP contribution in [-0.2, 0) is 9.53 Å². The molecule has 0 saturated heterocycles. The topological polar surface area (TPSA) is 85.6 Å². The highest BCUT2D eigenvalue weighted by molar-refractivity contribution is 6.31. The molecule has 0 aliphatic heterocycles. The van der Waals surface area contributed by atoms with Gasteiger partial charge < -0.3 is 14.5 Å². The molecule has 28 heavy (non-hydrogen) atoms. The molecule has 0 radical (unpaired) electrons. The number of para-hydroxylation sites is 1. The van der Waals surface area contributed by atoms with Crippen LogP contribution in [-0.4, -0.2) is 18.5 Å². The molecule has 1 atom stereocenters. The Morgan fingerprint density at radius 3 is 2.61 bits per heavy atom. The molecule has 3 rings (SSSR count). The Kier molecular flexibility index (Phi) is 6.11. The van der Waals surface area contributed by atoms with Crippen molar-refractivity contribution >= 4 is 34.4 Å². The molecule has 0 bridgehead atoms. The van der Waals surface area contributed by atoms with Crippen molar-refractivity contribution in [2.24, 2.45) is 0 Å². The predicted molar refractivity (Wildman–Crippen MR) is 105 cm³/mol. The first kappa shape index (κ1) is 19.6. The number of hydrogen-bond donors (Lipinski definition) is 1. The summed E-state index contributed by atoms with van der Waals surface area (Å²) in [6.07, 6.45) is -0.123. The Balaban J connectivity index is 1.93. The first-order valence-corrected chi connectivity index (χ1v) is 9.11. The Morgan fingerprint density at radius 2 is 1.86 bits per heavy atom. The van der Waals surface area contributed by atoms with Crippen molar-refractivity contribution in [3.8, 4) is 0 Å². The van der Waals surface area contributed by atoms with Gasteiger partial charge in [0.2, 0.25) is 0 Å². The third-order valence-corrected chi connectivity index (χ3v) is 4.49. The number of amides is 1. The molecule has 0 aliphatic rings. The van der Waals surface area contributed by atoms with Crippen LogP contribution in [0.15, 0.2) is 63.8 Å². The number of benzene rings is 2. The number of halogens is 1. The third kappa shape index (κ3) is 4.40. The Morgan fingerprint density at radius 1 is 1.14 bits per heavy atom. The van der Waals surface area contributed by atoms with Crippen LogP contribution in [0.3, 0.4) is 0 Å². The average Bonchev–Trinajstić information content (AvgIpc) is 2.67. The second-order valence-electron chi connectivity index (χ2n) is 6.04. The normalized spacial score (nSPS) is 11.8. The molecule has 1 amide bonds. The highest BCUT2D eigenvalue weighted by Crippen LogP contribution is 2.26. The van der Waals surface area contributed by atoms with E-state index < -0.39 is 23.5 Å². The van der Waals surface area contributed by atoms with E-state index in [9.17, 15) is 14.4 Å². The van der Waals surface area contributed by atoms with Gasteiger partial charge in [-0.3, -0.25) is 9.59 Å². The van der Waals surface area contributed by atoms with Crippen LogP contribution in [0, 0.1) is 0 Å². The van der Waals surface area contributed by atoms with Crippen LogP contribution in [0.2, 0.25) is 5.02 Å². The third-order valence-electron chi connectivity index (χ3n) is 4.15. The van der Waals surface area contributed by atoms with Crippen LogP contribution in [0.25, 0.3) is 11.0 Å². The zero-order chi connectivity index (χ0) is 20.1. The molecule has 1 N–H and O–H groups in total. The lowest BCUT2D eigenvalue weighted by atomic mass is 10.0. The minimum absolute atomic E-state index is 0.123. The monoisotopic (exact) mass is 399 g/mol. The smallest absolute Gasteiger partial charge is 0.349 e. The molecule has 7 heteroatoms. The summed E-state index contributed by atoms with van der Waals surface area (Å²) in [6, 6.07) is 14.4. The minimum atomic E-state index is -0.759. The fourth-order valence-corrected chi connectivity index (χ4v) is 3.11. The summed E-state index contributed by atoms with van der Waals surface area (Å²) in [6.45, 7) is 1.91. The Hall–Kier alpha value is -3.12. The van der Waals surface area contributed by atoms with Crippen molar-refractivity contribution in [1.82, 2.24) is 5.32 Å². The summed E-state index contributed by atoms with van der Waals surface area (Å²) in [5.41, 5.74) is 0.0267. The number of ether oxygens (including phenoxy) is 1. The van der Waals surface area contributed by atoms with E-state index in [1.54, 1.807) is 55.5 Å². The van der Waals surface area contributed by atoms with Gasteiger partial charge in [0.25, 0.3) is 5.91 Å². The maximum Gasteiger partial charge on any atom is 0.349 e. The highest BCUT2D eigenvalue weighted by Gasteiger charge is 2.23. The number of hydrogen-bond acceptors (Lipinski definition) is 5. The maximum absolute atomic E-state index is 12.8. The highest BCUT2D eigenvalue weighted by atomic mass is 35.5. The number of fused-ring (bicyclic) bond motifs is 1. The van der Waals surface area contributed by atoms with Gasteiger partial charge in [0.05, 0.1) is 19.1 Å². The van der Waals surface area contributed by atoms with E-state index in [0.717, 1.165) is 0 Å². The summed E-state index contributed by atoms with van der Waals surface area (Å²) >= 11 is 6.23. The second kappa shape index (κ2) is 8.71. The van der Waals surface area contributed by atoms with E-state index in [2.05, 4.69) is 5.32 Å². The fraction of sp³-hybridized carbons (Fsp3) is 0.190. The maximum atomic E-state index is 12.8. The lowest BCUT2D eigenvalue weighted by Crippen LogP contribution is -2.33. The van der Waals surface area contributed by atoms with Gasteiger partial charge in [0, 0.05) is 10.4 Å². The lowest BCUT2D eigenvalue weighted by Gasteiger charge is -2.19. The molecular weight excluding hydrogens is 382 g/mol. The molecule has 1 aromatic heterocycles. The second-order valence-corrected chi connectivity index (χ2v) is 6.45. The molecule has 6 nitrogen and oxygen atoms in total. The molecule has 0 aliphatic carbocycles. The molecule has 2 aromatic carbocycles. The summed E-state index contributed by atoms with van der Waals surface area (Å²) in [4.78, 5) is 37.0. The zero-order valence-electron chi connectivity index (χ0n) is 15.1. The predicted octanol–water partition coefficient (Wildman–Crippen LogP) is 3.87. The number of nitrogens with one attached hydrogen (secondary N) is 1. The van der Waals surface area contributed by atoms with Crippen LogP contribution in [0.4, 0.5) is 0 Å². The molecule has 0 saturated carbocycles. The number of carbonyl (C=O) groups excluding carboxylic acids is 2. The van der Waals surface area contributed by atoms with Gasteiger partial charge in [-0.05, 0) is 30.7 Å². The largest absolute Gasteiger partial charge is 0.466 e. The van der Waals surface area contributed by atoms with Crippen molar-refractivity contribution in [2.45, 2.75) is 19.4 Å². The Labute approximate surface area is 166 Å². The van der Waals surface area contributed by atoms with Gasteiger partial charge in [-0.25, -0.2) is 4.79 Å². The van der Waals surface area contributed by atoms with E-state index in [4.69, 9.17) is 20.8 Å². The van der Waals surface area contributed by atoms with E-state index in [1.807, 2.05) is 0 Å². The van der Waals surface area contributed by atoms with Crippen LogP contribution >= 0.6 is 11.6 Å². The van der Waals surface area contributed by atoms with Gasteiger partial charge in [-0.15, -0.1) is 0 Å². The summed E-state index contributed by atoms with van der Waals surface area (Å²) in [7, 11) is 0. The van der Waals surface area contributed by atoms with Crippen molar-refractivity contribution in [1.29, 1.82) is 0 Å². The van der Waals surface area contributed by atoms with E-state index in [-0.39, 0.29) is 18.6 Å². The number of carbonyl (C=O) groups is 2.